The molecule has 0 amide bonds. The Bertz CT molecular complexity index is 918. The minimum Gasteiger partial charge on any atom is -0.497 e. The summed E-state index contributed by atoms with van der Waals surface area (Å²) in [7, 11) is 3.39. The van der Waals surface area contributed by atoms with Crippen molar-refractivity contribution < 1.29 is 9.47 Å². The number of ether oxygens (including phenoxy) is 2. The second-order valence-corrected chi connectivity index (χ2v) is 6.37. The lowest BCUT2D eigenvalue weighted by atomic mass is 10.1. The number of guanidine groups is 1. The highest BCUT2D eigenvalue weighted by molar-refractivity contribution is 14.0. The molecule has 0 saturated carbocycles. The van der Waals surface area contributed by atoms with Crippen molar-refractivity contribution in [3.8, 4) is 17.4 Å². The van der Waals surface area contributed by atoms with Crippen molar-refractivity contribution >= 4 is 29.9 Å². The summed E-state index contributed by atoms with van der Waals surface area (Å²) in [4.78, 5) is 8.63. The zero-order valence-corrected chi connectivity index (χ0v) is 19.5. The number of pyridine rings is 1. The molecule has 2 N–H and O–H groups in total. The van der Waals surface area contributed by atoms with Crippen molar-refractivity contribution in [3.63, 3.8) is 0 Å². The third-order valence-corrected chi connectivity index (χ3v) is 4.29. The summed E-state index contributed by atoms with van der Waals surface area (Å²) in [5.74, 6) is 2.73. The van der Waals surface area contributed by atoms with Gasteiger partial charge in [-0.05, 0) is 29.7 Å². The summed E-state index contributed by atoms with van der Waals surface area (Å²) in [6.45, 7) is 1.44. The number of rotatable bonds is 8. The van der Waals surface area contributed by atoms with Crippen molar-refractivity contribution in [2.75, 3.05) is 20.7 Å². The van der Waals surface area contributed by atoms with Gasteiger partial charge in [0.25, 0.3) is 0 Å². The van der Waals surface area contributed by atoms with Crippen molar-refractivity contribution in [1.82, 2.24) is 15.6 Å². The Hall–Kier alpha value is -2.81. The number of methoxy groups -OCH3 is 1. The molecule has 1 heterocycles. The third kappa shape index (κ3) is 7.55. The van der Waals surface area contributed by atoms with Gasteiger partial charge in [-0.15, -0.1) is 24.0 Å². The van der Waals surface area contributed by atoms with Gasteiger partial charge in [0.1, 0.15) is 11.5 Å². The molecule has 0 spiro atoms. The van der Waals surface area contributed by atoms with Crippen LogP contribution in [0.3, 0.4) is 0 Å². The molecule has 0 radical (unpaired) electrons. The Kier molecular flexibility index (Phi) is 9.93. The van der Waals surface area contributed by atoms with Crippen LogP contribution in [-0.4, -0.2) is 31.6 Å². The molecule has 0 aliphatic carbocycles. The lowest BCUT2D eigenvalue weighted by Gasteiger charge is -2.12. The smallest absolute Gasteiger partial charge is 0.219 e. The van der Waals surface area contributed by atoms with Crippen LogP contribution in [-0.2, 0) is 13.0 Å². The Balaban J connectivity index is 0.00000320. The predicted molar refractivity (Wildman–Crippen MR) is 131 cm³/mol. The first-order valence-corrected chi connectivity index (χ1v) is 9.52. The van der Waals surface area contributed by atoms with E-state index in [9.17, 15) is 0 Å². The van der Waals surface area contributed by atoms with Gasteiger partial charge >= 0.3 is 0 Å². The first-order chi connectivity index (χ1) is 14.3. The SMILES string of the molecule is CN=C(NCCc1ccccc1)NCc1ccc(Oc2cccc(OC)c2)nc1.I. The van der Waals surface area contributed by atoms with E-state index in [0.29, 0.717) is 18.2 Å². The fraction of sp³-hybridized carbons (Fsp3) is 0.217. The standard InChI is InChI=1S/C23H26N4O2.HI/c1-24-23(25-14-13-18-7-4-3-5-8-18)27-17-19-11-12-22(26-16-19)29-21-10-6-9-20(15-21)28-2;/h3-12,15-16H,13-14,17H2,1-2H3,(H2,24,25,27);1H. The zero-order chi connectivity index (χ0) is 20.3. The van der Waals surface area contributed by atoms with Crippen LogP contribution in [0.25, 0.3) is 0 Å². The average Bonchev–Trinajstić information content (AvgIpc) is 2.78. The summed E-state index contributed by atoms with van der Waals surface area (Å²) >= 11 is 0. The lowest BCUT2D eigenvalue weighted by molar-refractivity contribution is 0.407. The Morgan fingerprint density at radius 1 is 0.933 bits per heavy atom. The van der Waals surface area contributed by atoms with Gasteiger partial charge in [-0.2, -0.15) is 0 Å². The van der Waals surface area contributed by atoms with Crippen molar-refractivity contribution in [2.24, 2.45) is 4.99 Å². The predicted octanol–water partition coefficient (Wildman–Crippen LogP) is 4.41. The Morgan fingerprint density at radius 2 is 1.73 bits per heavy atom. The molecule has 0 aliphatic heterocycles. The van der Waals surface area contributed by atoms with Crippen molar-refractivity contribution in [3.05, 3.63) is 84.1 Å². The van der Waals surface area contributed by atoms with Gasteiger partial charge in [0.05, 0.1) is 7.11 Å². The molecule has 30 heavy (non-hydrogen) atoms. The Labute approximate surface area is 194 Å². The fourth-order valence-electron chi connectivity index (χ4n) is 2.74. The van der Waals surface area contributed by atoms with Gasteiger partial charge in [0.15, 0.2) is 5.96 Å². The maximum absolute atomic E-state index is 5.77. The summed E-state index contributed by atoms with van der Waals surface area (Å²) in [6, 6.07) is 21.6. The van der Waals surface area contributed by atoms with Crippen LogP contribution in [0.1, 0.15) is 11.1 Å². The second-order valence-electron chi connectivity index (χ2n) is 6.37. The molecule has 0 aliphatic rings. The van der Waals surface area contributed by atoms with E-state index in [1.807, 2.05) is 42.5 Å². The van der Waals surface area contributed by atoms with Gasteiger partial charge in [-0.1, -0.05) is 42.5 Å². The fourth-order valence-corrected chi connectivity index (χ4v) is 2.74. The molecular weight excluding hydrogens is 491 g/mol. The van der Waals surface area contributed by atoms with Gasteiger partial charge in [0.2, 0.25) is 5.88 Å². The highest BCUT2D eigenvalue weighted by Crippen LogP contribution is 2.23. The molecule has 0 unspecified atom stereocenters. The molecule has 0 bridgehead atoms. The molecular formula is C23H27IN4O2. The molecule has 3 aromatic rings. The molecule has 2 aromatic carbocycles. The largest absolute Gasteiger partial charge is 0.497 e. The molecule has 1 aromatic heterocycles. The van der Waals surface area contributed by atoms with E-state index in [1.165, 1.54) is 5.56 Å². The highest BCUT2D eigenvalue weighted by atomic mass is 127. The van der Waals surface area contributed by atoms with Crippen LogP contribution in [0, 0.1) is 0 Å². The maximum atomic E-state index is 5.77. The van der Waals surface area contributed by atoms with Crippen LogP contribution >= 0.6 is 24.0 Å². The van der Waals surface area contributed by atoms with Crippen LogP contribution < -0.4 is 20.1 Å². The molecule has 0 saturated heterocycles. The van der Waals surface area contributed by atoms with E-state index < -0.39 is 0 Å². The quantitative estimate of drug-likeness (QED) is 0.263. The van der Waals surface area contributed by atoms with Gasteiger partial charge < -0.3 is 20.1 Å². The second kappa shape index (κ2) is 12.7. The zero-order valence-electron chi connectivity index (χ0n) is 17.2. The topological polar surface area (TPSA) is 67.8 Å². The number of nitrogens with zero attached hydrogens (tertiary/aromatic N) is 2. The van der Waals surface area contributed by atoms with E-state index in [0.717, 1.165) is 30.2 Å². The first-order valence-electron chi connectivity index (χ1n) is 9.52. The van der Waals surface area contributed by atoms with E-state index in [-0.39, 0.29) is 24.0 Å². The minimum atomic E-state index is 0. The summed E-state index contributed by atoms with van der Waals surface area (Å²) in [5.41, 5.74) is 2.33. The monoisotopic (exact) mass is 518 g/mol. The van der Waals surface area contributed by atoms with E-state index in [1.54, 1.807) is 20.4 Å². The van der Waals surface area contributed by atoms with Crippen LogP contribution in [0.2, 0.25) is 0 Å². The highest BCUT2D eigenvalue weighted by Gasteiger charge is 2.03. The maximum Gasteiger partial charge on any atom is 0.219 e. The summed E-state index contributed by atoms with van der Waals surface area (Å²) < 4.78 is 11.0. The number of benzene rings is 2. The summed E-state index contributed by atoms with van der Waals surface area (Å²) in [6.07, 6.45) is 2.74. The normalized spacial score (nSPS) is 10.7. The molecule has 0 fully saturated rings. The number of aliphatic imine (C=N–C) groups is 1. The van der Waals surface area contributed by atoms with E-state index in [2.05, 4.69) is 44.9 Å². The molecule has 3 rings (SSSR count). The Morgan fingerprint density at radius 3 is 2.43 bits per heavy atom. The van der Waals surface area contributed by atoms with Gasteiger partial charge in [0, 0.05) is 38.5 Å². The number of aromatic nitrogens is 1. The molecule has 6 nitrogen and oxygen atoms in total. The van der Waals surface area contributed by atoms with Crippen LogP contribution in [0.5, 0.6) is 17.4 Å². The average molecular weight is 518 g/mol. The van der Waals surface area contributed by atoms with Crippen LogP contribution in [0.4, 0.5) is 0 Å². The first kappa shape index (κ1) is 23.5. The lowest BCUT2D eigenvalue weighted by Crippen LogP contribution is -2.37. The van der Waals surface area contributed by atoms with E-state index in [4.69, 9.17) is 9.47 Å². The van der Waals surface area contributed by atoms with Gasteiger partial charge in [-0.3, -0.25) is 4.99 Å². The van der Waals surface area contributed by atoms with Crippen LogP contribution in [0.15, 0.2) is 77.9 Å². The number of hydrogen-bond donors (Lipinski definition) is 2. The molecule has 158 valence electrons. The number of nitrogens with one attached hydrogen (secondary N) is 2. The summed E-state index contributed by atoms with van der Waals surface area (Å²) in [5, 5.41) is 6.62. The number of halogens is 1. The minimum absolute atomic E-state index is 0. The van der Waals surface area contributed by atoms with E-state index >= 15 is 0 Å². The van der Waals surface area contributed by atoms with Crippen molar-refractivity contribution in [1.29, 1.82) is 0 Å². The van der Waals surface area contributed by atoms with Gasteiger partial charge in [-0.25, -0.2) is 4.98 Å². The van der Waals surface area contributed by atoms with Crippen molar-refractivity contribution in [2.45, 2.75) is 13.0 Å². The third-order valence-electron chi connectivity index (χ3n) is 4.29. The molecule has 7 heteroatoms. The number of hydrogen-bond acceptors (Lipinski definition) is 4. The molecule has 0 atom stereocenters.